The van der Waals surface area contributed by atoms with Crippen molar-refractivity contribution in [3.8, 4) is 0 Å². The van der Waals surface area contributed by atoms with E-state index in [-0.39, 0.29) is 6.10 Å². The van der Waals surface area contributed by atoms with Gasteiger partial charge in [0.05, 0.1) is 16.7 Å². The summed E-state index contributed by atoms with van der Waals surface area (Å²) in [5, 5.41) is 11.1. The first-order chi connectivity index (χ1) is 8.05. The molecule has 0 bridgehead atoms. The predicted molar refractivity (Wildman–Crippen MR) is 70.6 cm³/mol. The highest BCUT2D eigenvalue weighted by molar-refractivity contribution is 7.15. The highest BCUT2D eigenvalue weighted by Crippen LogP contribution is 2.40. The number of aromatic nitrogens is 1. The Bertz CT molecular complexity index is 427. The molecule has 0 aromatic carbocycles. The van der Waals surface area contributed by atoms with Crippen LogP contribution in [0.3, 0.4) is 0 Å². The van der Waals surface area contributed by atoms with Crippen LogP contribution in [0.5, 0.6) is 0 Å². The topological polar surface area (TPSA) is 36.4 Å². The maximum atomic E-state index is 9.97. The Morgan fingerprint density at radius 1 is 1.47 bits per heavy atom. The third kappa shape index (κ3) is 2.08. The van der Waals surface area contributed by atoms with Gasteiger partial charge in [-0.05, 0) is 31.1 Å². The van der Waals surface area contributed by atoms with Crippen LogP contribution in [0.15, 0.2) is 0 Å². The van der Waals surface area contributed by atoms with Gasteiger partial charge in [0.15, 0.2) is 5.13 Å². The van der Waals surface area contributed by atoms with E-state index in [0.29, 0.717) is 5.41 Å². The van der Waals surface area contributed by atoms with Crippen LogP contribution in [-0.4, -0.2) is 23.2 Å². The molecule has 0 radical (unpaired) electrons. The van der Waals surface area contributed by atoms with Crippen LogP contribution < -0.4 is 4.90 Å². The molecule has 1 aromatic rings. The van der Waals surface area contributed by atoms with Crippen LogP contribution in [0.4, 0.5) is 5.13 Å². The second-order valence-corrected chi connectivity index (χ2v) is 7.06. The molecule has 0 amide bonds. The van der Waals surface area contributed by atoms with E-state index in [1.165, 1.54) is 6.42 Å². The normalized spacial score (nSPS) is 27.2. The molecule has 94 valence electrons. The van der Waals surface area contributed by atoms with Crippen LogP contribution in [-0.2, 0) is 6.42 Å². The minimum Gasteiger partial charge on any atom is -0.388 e. The maximum absolute atomic E-state index is 9.97. The molecule has 17 heavy (non-hydrogen) atoms. The molecule has 1 fully saturated rings. The molecule has 0 spiro atoms. The summed E-state index contributed by atoms with van der Waals surface area (Å²) in [6, 6.07) is 0. The average molecular weight is 252 g/mol. The second kappa shape index (κ2) is 3.95. The Hall–Kier alpha value is -0.610. The van der Waals surface area contributed by atoms with Crippen LogP contribution in [0.2, 0.25) is 0 Å². The molecule has 1 atom stereocenters. The summed E-state index contributed by atoms with van der Waals surface area (Å²) in [4.78, 5) is 8.24. The molecule has 1 N–H and O–H groups in total. The molecule has 1 aliphatic carbocycles. The number of fused-ring (bicyclic) bond motifs is 1. The summed E-state index contributed by atoms with van der Waals surface area (Å²) >= 11 is 1.71. The fraction of sp³-hybridized carbons (Fsp3) is 0.769. The molecule has 4 heteroatoms. The zero-order chi connectivity index (χ0) is 12.0. The zero-order valence-corrected chi connectivity index (χ0v) is 11.4. The van der Waals surface area contributed by atoms with Crippen molar-refractivity contribution in [1.82, 2.24) is 4.98 Å². The third-order valence-corrected chi connectivity index (χ3v) is 5.12. The summed E-state index contributed by atoms with van der Waals surface area (Å²) in [6.45, 7) is 6.83. The fourth-order valence-corrected chi connectivity index (χ4v) is 3.95. The second-order valence-electron chi connectivity index (χ2n) is 6.05. The smallest absolute Gasteiger partial charge is 0.185 e. The Morgan fingerprint density at radius 3 is 2.94 bits per heavy atom. The summed E-state index contributed by atoms with van der Waals surface area (Å²) < 4.78 is 0. The van der Waals surface area contributed by atoms with E-state index in [4.69, 9.17) is 4.98 Å². The first-order valence-corrected chi connectivity index (χ1v) is 7.29. The van der Waals surface area contributed by atoms with E-state index >= 15 is 0 Å². The first-order valence-electron chi connectivity index (χ1n) is 6.48. The third-order valence-electron chi connectivity index (χ3n) is 3.86. The number of aryl methyl sites for hydroxylation is 1. The standard InChI is InChI=1S/C13H20N2OS/c1-13(2)6-7-15(8-13)12-14-9-4-3-5-10(16)11(9)17-12/h10,16H,3-8H2,1-2H3. The van der Waals surface area contributed by atoms with Gasteiger partial charge < -0.3 is 10.0 Å². The number of thiazole rings is 1. The lowest BCUT2D eigenvalue weighted by molar-refractivity contribution is 0.160. The van der Waals surface area contributed by atoms with E-state index in [9.17, 15) is 5.11 Å². The number of aliphatic hydroxyl groups excluding tert-OH is 1. The van der Waals surface area contributed by atoms with Gasteiger partial charge in [-0.3, -0.25) is 0 Å². The SMILES string of the molecule is CC1(C)CCN(c2nc3c(s2)C(O)CCC3)C1. The highest BCUT2D eigenvalue weighted by atomic mass is 32.1. The van der Waals surface area contributed by atoms with Crippen molar-refractivity contribution in [2.24, 2.45) is 5.41 Å². The lowest BCUT2D eigenvalue weighted by Crippen LogP contribution is -2.22. The Morgan fingerprint density at radius 2 is 2.29 bits per heavy atom. The number of hydrogen-bond acceptors (Lipinski definition) is 4. The van der Waals surface area contributed by atoms with Crippen molar-refractivity contribution < 1.29 is 5.11 Å². The first kappa shape index (κ1) is 11.5. The average Bonchev–Trinajstić information content (AvgIpc) is 2.82. The molecular weight excluding hydrogens is 232 g/mol. The van der Waals surface area contributed by atoms with Crippen molar-refractivity contribution in [1.29, 1.82) is 0 Å². The van der Waals surface area contributed by atoms with Gasteiger partial charge in [-0.1, -0.05) is 25.2 Å². The van der Waals surface area contributed by atoms with Crippen LogP contribution >= 0.6 is 11.3 Å². The molecule has 2 heterocycles. The van der Waals surface area contributed by atoms with Gasteiger partial charge in [-0.25, -0.2) is 4.98 Å². The molecule has 1 aliphatic heterocycles. The number of rotatable bonds is 1. The molecular formula is C13H20N2OS. The predicted octanol–water partition coefficient (Wildman–Crippen LogP) is 2.75. The van der Waals surface area contributed by atoms with Crippen molar-refractivity contribution >= 4 is 16.5 Å². The Kier molecular flexibility index (Phi) is 2.67. The maximum Gasteiger partial charge on any atom is 0.185 e. The van der Waals surface area contributed by atoms with Crippen molar-refractivity contribution in [2.45, 2.75) is 45.6 Å². The van der Waals surface area contributed by atoms with Gasteiger partial charge in [-0.2, -0.15) is 0 Å². The van der Waals surface area contributed by atoms with E-state index in [2.05, 4.69) is 18.7 Å². The molecule has 1 aromatic heterocycles. The molecule has 1 saturated heterocycles. The Balaban J connectivity index is 1.85. The van der Waals surface area contributed by atoms with E-state index < -0.39 is 0 Å². The quantitative estimate of drug-likeness (QED) is 0.835. The number of nitrogens with zero attached hydrogens (tertiary/aromatic N) is 2. The van der Waals surface area contributed by atoms with Gasteiger partial charge in [0.2, 0.25) is 0 Å². The van der Waals surface area contributed by atoms with Crippen LogP contribution in [0.25, 0.3) is 0 Å². The molecule has 0 saturated carbocycles. The summed E-state index contributed by atoms with van der Waals surface area (Å²) in [6.07, 6.45) is 3.99. The Labute approximate surface area is 106 Å². The lowest BCUT2D eigenvalue weighted by atomic mass is 9.93. The number of anilines is 1. The van der Waals surface area contributed by atoms with E-state index in [1.54, 1.807) is 11.3 Å². The van der Waals surface area contributed by atoms with Gasteiger partial charge in [0.25, 0.3) is 0 Å². The van der Waals surface area contributed by atoms with E-state index in [1.807, 2.05) is 0 Å². The van der Waals surface area contributed by atoms with E-state index in [0.717, 1.165) is 48.1 Å². The zero-order valence-electron chi connectivity index (χ0n) is 10.6. The van der Waals surface area contributed by atoms with Crippen molar-refractivity contribution in [3.63, 3.8) is 0 Å². The molecule has 1 unspecified atom stereocenters. The van der Waals surface area contributed by atoms with Gasteiger partial charge >= 0.3 is 0 Å². The summed E-state index contributed by atoms with van der Waals surface area (Å²) in [7, 11) is 0. The molecule has 2 aliphatic rings. The number of hydrogen-bond donors (Lipinski definition) is 1. The summed E-state index contributed by atoms with van der Waals surface area (Å²) in [5.41, 5.74) is 1.55. The van der Waals surface area contributed by atoms with Crippen LogP contribution in [0, 0.1) is 5.41 Å². The highest BCUT2D eigenvalue weighted by Gasteiger charge is 2.32. The minimum atomic E-state index is -0.263. The molecule has 3 rings (SSSR count). The lowest BCUT2D eigenvalue weighted by Gasteiger charge is -2.18. The largest absolute Gasteiger partial charge is 0.388 e. The van der Waals surface area contributed by atoms with Gasteiger partial charge in [0.1, 0.15) is 0 Å². The fourth-order valence-electron chi connectivity index (χ4n) is 2.79. The van der Waals surface area contributed by atoms with Gasteiger partial charge in [-0.15, -0.1) is 0 Å². The van der Waals surface area contributed by atoms with Crippen molar-refractivity contribution in [3.05, 3.63) is 10.6 Å². The summed E-state index contributed by atoms with van der Waals surface area (Å²) in [5.74, 6) is 0. The number of aliphatic hydroxyl groups is 1. The van der Waals surface area contributed by atoms with Crippen LogP contribution in [0.1, 0.15) is 49.8 Å². The van der Waals surface area contributed by atoms with Crippen molar-refractivity contribution in [2.75, 3.05) is 18.0 Å². The monoisotopic (exact) mass is 252 g/mol. The molecule has 3 nitrogen and oxygen atoms in total. The minimum absolute atomic E-state index is 0.263. The van der Waals surface area contributed by atoms with Gasteiger partial charge in [0, 0.05) is 13.1 Å².